The number of nitrogens with one attached hydrogen (secondary N) is 1. The Bertz CT molecular complexity index is 3870. The highest BCUT2D eigenvalue weighted by Gasteiger charge is 2.33. The number of furan rings is 1. The highest BCUT2D eigenvalue weighted by Crippen LogP contribution is 2.49. The molecule has 0 bridgehead atoms. The van der Waals surface area contributed by atoms with Crippen LogP contribution < -0.4 is 21.1 Å². The summed E-state index contributed by atoms with van der Waals surface area (Å²) in [5.74, 6) is 0.879. The van der Waals surface area contributed by atoms with E-state index < -0.39 is 0 Å². The standard InChI is InChI=1S/C64H48BN3O/c1-64(2,3)44-33-35-45(36-34-44)66-54-31-19-18-30-49(54)51-38-56(67(46-25-12-6-13-26-46)47-27-14-7-15-28-47)59-50-37-32-41-20-16-17-29-48(41)61(50)68-55-39-52-57(40-53(55)65-60(51)62(59)68)69-63(43-23-10-5-11-24-43)58(52)42-21-8-4-9-22-42/h4-40,65-66H,1-3H3. The Morgan fingerprint density at radius 2 is 1.14 bits per heavy atom. The van der Waals surface area contributed by atoms with Crippen LogP contribution in [0.5, 0.6) is 0 Å². The van der Waals surface area contributed by atoms with E-state index in [1.54, 1.807) is 0 Å². The predicted octanol–water partition coefficient (Wildman–Crippen LogP) is 15.9. The van der Waals surface area contributed by atoms with E-state index >= 15 is 0 Å². The van der Waals surface area contributed by atoms with Crippen molar-refractivity contribution in [1.82, 2.24) is 4.57 Å². The summed E-state index contributed by atoms with van der Waals surface area (Å²) in [6.45, 7) is 6.79. The molecular weight excluding hydrogens is 838 g/mol. The van der Waals surface area contributed by atoms with Crippen molar-refractivity contribution in [3.05, 3.63) is 230 Å². The van der Waals surface area contributed by atoms with E-state index in [0.29, 0.717) is 7.28 Å². The van der Waals surface area contributed by atoms with E-state index in [2.05, 4.69) is 260 Å². The normalized spacial score (nSPS) is 12.1. The maximum atomic E-state index is 7.06. The monoisotopic (exact) mass is 885 g/mol. The molecule has 0 unspecified atom stereocenters. The lowest BCUT2D eigenvalue weighted by atomic mass is 9.58. The van der Waals surface area contributed by atoms with Gasteiger partial charge in [-0.3, -0.25) is 0 Å². The molecule has 0 saturated heterocycles. The maximum absolute atomic E-state index is 7.06. The van der Waals surface area contributed by atoms with Crippen LogP contribution in [0.2, 0.25) is 0 Å². The molecule has 12 aromatic rings. The largest absolute Gasteiger partial charge is 0.455 e. The first-order chi connectivity index (χ1) is 33.9. The summed E-state index contributed by atoms with van der Waals surface area (Å²) in [7, 11) is 0.707. The molecule has 328 valence electrons. The van der Waals surface area contributed by atoms with Gasteiger partial charge in [0.15, 0.2) is 7.28 Å². The summed E-state index contributed by atoms with van der Waals surface area (Å²) in [6, 6.07) is 81.4. The van der Waals surface area contributed by atoms with Crippen LogP contribution in [0.4, 0.5) is 28.4 Å². The van der Waals surface area contributed by atoms with Gasteiger partial charge in [0.25, 0.3) is 0 Å². The fourth-order valence-corrected chi connectivity index (χ4v) is 10.9. The molecular formula is C64H48BN3O. The van der Waals surface area contributed by atoms with Crippen LogP contribution in [0, 0.1) is 0 Å². The molecule has 4 nitrogen and oxygen atoms in total. The van der Waals surface area contributed by atoms with Gasteiger partial charge in [0.2, 0.25) is 0 Å². The van der Waals surface area contributed by atoms with Gasteiger partial charge in [-0.2, -0.15) is 0 Å². The van der Waals surface area contributed by atoms with Crippen LogP contribution >= 0.6 is 0 Å². The molecule has 0 fully saturated rings. The fraction of sp³-hybridized carbons (Fsp3) is 0.0625. The van der Waals surface area contributed by atoms with Gasteiger partial charge in [0.1, 0.15) is 11.3 Å². The van der Waals surface area contributed by atoms with Gasteiger partial charge >= 0.3 is 0 Å². The first-order valence-electron chi connectivity index (χ1n) is 24.0. The number of nitrogens with zero attached hydrogens (tertiary/aromatic N) is 2. The van der Waals surface area contributed by atoms with Crippen LogP contribution in [0.1, 0.15) is 26.3 Å². The zero-order valence-electron chi connectivity index (χ0n) is 38.9. The topological polar surface area (TPSA) is 33.3 Å². The minimum absolute atomic E-state index is 0.0574. The van der Waals surface area contributed by atoms with Crippen molar-refractivity contribution in [3.63, 3.8) is 0 Å². The average molecular weight is 886 g/mol. The third-order valence-electron chi connectivity index (χ3n) is 14.1. The highest BCUT2D eigenvalue weighted by molar-refractivity contribution is 6.74. The molecule has 0 atom stereocenters. The van der Waals surface area contributed by atoms with Gasteiger partial charge in [-0.25, -0.2) is 0 Å². The molecule has 0 spiro atoms. The van der Waals surface area contributed by atoms with Crippen molar-refractivity contribution in [2.75, 3.05) is 10.2 Å². The predicted molar refractivity (Wildman–Crippen MR) is 294 cm³/mol. The van der Waals surface area contributed by atoms with Crippen molar-refractivity contribution in [1.29, 1.82) is 0 Å². The second kappa shape index (κ2) is 16.1. The number of fused-ring (bicyclic) bond motifs is 8. The molecule has 1 N–H and O–H groups in total. The Balaban J connectivity index is 1.16. The zero-order valence-corrected chi connectivity index (χ0v) is 38.9. The van der Waals surface area contributed by atoms with Crippen LogP contribution in [-0.2, 0) is 5.41 Å². The van der Waals surface area contributed by atoms with E-state index in [-0.39, 0.29) is 5.41 Å². The van der Waals surface area contributed by atoms with Crippen molar-refractivity contribution in [2.24, 2.45) is 0 Å². The third kappa shape index (κ3) is 6.76. The van der Waals surface area contributed by atoms with Crippen LogP contribution in [-0.4, -0.2) is 11.8 Å². The average Bonchev–Trinajstić information content (AvgIpc) is 3.95. The van der Waals surface area contributed by atoms with E-state index in [1.807, 2.05) is 0 Å². The molecule has 1 aliphatic rings. The highest BCUT2D eigenvalue weighted by atomic mass is 16.3. The minimum atomic E-state index is 0.0574. The quantitative estimate of drug-likeness (QED) is 0.154. The Hall–Kier alpha value is -8.54. The van der Waals surface area contributed by atoms with Crippen molar-refractivity contribution in [2.45, 2.75) is 26.2 Å². The molecule has 0 radical (unpaired) electrons. The third-order valence-corrected chi connectivity index (χ3v) is 14.1. The molecule has 0 aliphatic carbocycles. The van der Waals surface area contributed by atoms with Crippen LogP contribution in [0.25, 0.3) is 82.8 Å². The number of anilines is 5. The first-order valence-corrected chi connectivity index (χ1v) is 24.0. The molecule has 5 heteroatoms. The maximum Gasteiger partial charge on any atom is 0.198 e. The SMILES string of the molecule is CC(C)(C)c1ccc(Nc2ccccc2-c2cc(N(c3ccccc3)c3ccccc3)c3c4ccc5ccccc5c4n4c3c2Bc2cc3oc(-c5ccccc5)c(-c5ccccc5)c3cc2-4)cc1. The van der Waals surface area contributed by atoms with E-state index in [0.717, 1.165) is 67.4 Å². The van der Waals surface area contributed by atoms with Crippen molar-refractivity contribution >= 4 is 90.2 Å². The smallest absolute Gasteiger partial charge is 0.198 e. The number of rotatable bonds is 8. The summed E-state index contributed by atoms with van der Waals surface area (Å²) >= 11 is 0. The molecule has 10 aromatic carbocycles. The van der Waals surface area contributed by atoms with Crippen LogP contribution in [0.3, 0.4) is 0 Å². The molecule has 69 heavy (non-hydrogen) atoms. The molecule has 0 saturated carbocycles. The Morgan fingerprint density at radius 1 is 0.522 bits per heavy atom. The molecule has 0 amide bonds. The van der Waals surface area contributed by atoms with E-state index in [1.165, 1.54) is 60.3 Å². The number of hydrogen-bond donors (Lipinski definition) is 1. The van der Waals surface area contributed by atoms with Crippen molar-refractivity contribution in [3.8, 4) is 39.3 Å². The zero-order chi connectivity index (χ0) is 46.2. The lowest BCUT2D eigenvalue weighted by Gasteiger charge is -2.30. The lowest BCUT2D eigenvalue weighted by Crippen LogP contribution is -2.37. The number of para-hydroxylation sites is 3. The Labute approximate surface area is 403 Å². The Kier molecular flexibility index (Phi) is 9.48. The van der Waals surface area contributed by atoms with Gasteiger partial charge in [-0.05, 0) is 93.6 Å². The molecule has 2 aromatic heterocycles. The molecule has 3 heterocycles. The van der Waals surface area contributed by atoms with Gasteiger partial charge in [-0.1, -0.05) is 190 Å². The lowest BCUT2D eigenvalue weighted by molar-refractivity contribution is 0.590. The van der Waals surface area contributed by atoms with Crippen LogP contribution in [0.15, 0.2) is 229 Å². The van der Waals surface area contributed by atoms with Gasteiger partial charge in [0.05, 0.1) is 16.7 Å². The second-order valence-electron chi connectivity index (χ2n) is 19.4. The van der Waals surface area contributed by atoms with E-state index in [9.17, 15) is 0 Å². The number of benzene rings is 10. The minimum Gasteiger partial charge on any atom is -0.455 e. The summed E-state index contributed by atoms with van der Waals surface area (Å²) in [6.07, 6.45) is 0. The van der Waals surface area contributed by atoms with E-state index in [4.69, 9.17) is 4.42 Å². The summed E-state index contributed by atoms with van der Waals surface area (Å²) < 4.78 is 9.66. The van der Waals surface area contributed by atoms with Crippen molar-refractivity contribution < 1.29 is 4.42 Å². The summed E-state index contributed by atoms with van der Waals surface area (Å²) in [4.78, 5) is 2.46. The summed E-state index contributed by atoms with van der Waals surface area (Å²) in [5.41, 5.74) is 19.3. The first kappa shape index (κ1) is 40.7. The Morgan fingerprint density at radius 3 is 1.84 bits per heavy atom. The second-order valence-corrected chi connectivity index (χ2v) is 19.4. The summed E-state index contributed by atoms with van der Waals surface area (Å²) in [5, 5.41) is 9.83. The van der Waals surface area contributed by atoms with Gasteiger partial charge in [-0.15, -0.1) is 0 Å². The van der Waals surface area contributed by atoms with Gasteiger partial charge in [0, 0.05) is 66.7 Å². The van der Waals surface area contributed by atoms with Gasteiger partial charge < -0.3 is 19.2 Å². The molecule has 13 rings (SSSR count). The number of hydrogen-bond acceptors (Lipinski definition) is 3. The number of aromatic nitrogens is 1. The molecule has 1 aliphatic heterocycles. The fourth-order valence-electron chi connectivity index (χ4n) is 10.9.